The molecule has 0 amide bonds. The second-order valence-electron chi connectivity index (χ2n) is 5.74. The molecule has 1 rings (SSSR count). The molecular weight excluding hydrogens is 218 g/mol. The Balaban J connectivity index is 2.60. The van der Waals surface area contributed by atoms with Crippen molar-refractivity contribution in [3.63, 3.8) is 0 Å². The fourth-order valence-corrected chi connectivity index (χ4v) is 5.00. The zero-order chi connectivity index (χ0) is 12.3. The van der Waals surface area contributed by atoms with Gasteiger partial charge in [0.1, 0.15) is 0 Å². The van der Waals surface area contributed by atoms with E-state index in [1.54, 1.807) is 0 Å². The van der Waals surface area contributed by atoms with E-state index in [-0.39, 0.29) is 11.3 Å². The first-order valence-corrected chi connectivity index (χ1v) is 7.96. The molecule has 0 radical (unpaired) electrons. The molecule has 2 N–H and O–H groups in total. The standard InChI is InChI=1S/C13H27NOS/c1-5-9(2)8-16(15)13-11(4)6-10(3)7-12(13)14/h9-13H,5-8,14H2,1-4H3. The third kappa shape index (κ3) is 3.56. The number of hydrogen-bond acceptors (Lipinski definition) is 2. The van der Waals surface area contributed by atoms with E-state index in [2.05, 4.69) is 27.7 Å². The van der Waals surface area contributed by atoms with Gasteiger partial charge < -0.3 is 5.73 Å². The lowest BCUT2D eigenvalue weighted by atomic mass is 9.80. The van der Waals surface area contributed by atoms with Gasteiger partial charge in [-0.1, -0.05) is 34.1 Å². The Kier molecular flexibility index (Phi) is 5.45. The summed E-state index contributed by atoms with van der Waals surface area (Å²) in [5.41, 5.74) is 6.18. The minimum Gasteiger partial charge on any atom is -0.327 e. The zero-order valence-corrected chi connectivity index (χ0v) is 11.9. The van der Waals surface area contributed by atoms with E-state index in [4.69, 9.17) is 5.73 Å². The van der Waals surface area contributed by atoms with Crippen LogP contribution in [0.4, 0.5) is 0 Å². The molecule has 0 saturated heterocycles. The van der Waals surface area contributed by atoms with Gasteiger partial charge in [-0.2, -0.15) is 0 Å². The van der Waals surface area contributed by atoms with E-state index in [1.165, 1.54) is 6.42 Å². The molecule has 1 aliphatic rings. The van der Waals surface area contributed by atoms with Crippen molar-refractivity contribution in [2.24, 2.45) is 23.5 Å². The van der Waals surface area contributed by atoms with Crippen LogP contribution in [0.25, 0.3) is 0 Å². The maximum absolute atomic E-state index is 12.3. The first-order valence-electron chi connectivity index (χ1n) is 6.58. The van der Waals surface area contributed by atoms with Crippen LogP contribution in [0.5, 0.6) is 0 Å². The monoisotopic (exact) mass is 245 g/mol. The van der Waals surface area contributed by atoms with Crippen molar-refractivity contribution in [3.05, 3.63) is 0 Å². The second kappa shape index (κ2) is 6.15. The molecule has 1 aliphatic carbocycles. The largest absolute Gasteiger partial charge is 0.327 e. The summed E-state index contributed by atoms with van der Waals surface area (Å²) in [4.78, 5) is 0. The van der Waals surface area contributed by atoms with Crippen LogP contribution in [0.3, 0.4) is 0 Å². The third-order valence-electron chi connectivity index (χ3n) is 3.88. The SMILES string of the molecule is CCC(C)CS(=O)C1C(C)CC(C)CC1N. The lowest BCUT2D eigenvalue weighted by molar-refractivity contribution is 0.275. The van der Waals surface area contributed by atoms with E-state index in [1.807, 2.05) is 0 Å². The van der Waals surface area contributed by atoms with Crippen molar-refractivity contribution < 1.29 is 4.21 Å². The molecule has 0 spiro atoms. The van der Waals surface area contributed by atoms with Gasteiger partial charge in [-0.05, 0) is 30.6 Å². The van der Waals surface area contributed by atoms with Crippen LogP contribution >= 0.6 is 0 Å². The molecule has 6 atom stereocenters. The molecule has 0 heterocycles. The first kappa shape index (κ1) is 14.2. The van der Waals surface area contributed by atoms with Crippen LogP contribution in [-0.2, 0) is 10.8 Å². The quantitative estimate of drug-likeness (QED) is 0.827. The summed E-state index contributed by atoms with van der Waals surface area (Å²) in [6.45, 7) is 8.81. The predicted molar refractivity (Wildman–Crippen MR) is 71.8 cm³/mol. The molecule has 6 unspecified atom stereocenters. The first-order chi connectivity index (χ1) is 7.45. The normalized spacial score (nSPS) is 39.3. The minimum absolute atomic E-state index is 0.142. The molecule has 16 heavy (non-hydrogen) atoms. The fourth-order valence-electron chi connectivity index (χ4n) is 2.85. The van der Waals surface area contributed by atoms with Gasteiger partial charge in [0.25, 0.3) is 0 Å². The van der Waals surface area contributed by atoms with Crippen LogP contribution in [0, 0.1) is 17.8 Å². The van der Waals surface area contributed by atoms with Gasteiger partial charge in [0.05, 0.1) is 5.25 Å². The molecule has 96 valence electrons. The van der Waals surface area contributed by atoms with Crippen LogP contribution in [0.2, 0.25) is 0 Å². The molecule has 0 aromatic rings. The van der Waals surface area contributed by atoms with Crippen LogP contribution in [0.1, 0.15) is 47.0 Å². The lowest BCUT2D eigenvalue weighted by Gasteiger charge is -2.37. The summed E-state index contributed by atoms with van der Waals surface area (Å²) >= 11 is 0. The number of nitrogens with two attached hydrogens (primary N) is 1. The molecule has 0 aliphatic heterocycles. The Morgan fingerprint density at radius 1 is 1.38 bits per heavy atom. The average Bonchev–Trinajstić information content (AvgIpc) is 2.15. The number of rotatable bonds is 4. The van der Waals surface area contributed by atoms with E-state index >= 15 is 0 Å². The highest BCUT2D eigenvalue weighted by Crippen LogP contribution is 2.31. The van der Waals surface area contributed by atoms with Crippen molar-refractivity contribution >= 4 is 10.8 Å². The van der Waals surface area contributed by atoms with Gasteiger partial charge in [-0.15, -0.1) is 0 Å². The van der Waals surface area contributed by atoms with E-state index in [9.17, 15) is 4.21 Å². The summed E-state index contributed by atoms with van der Waals surface area (Å²) in [6, 6.07) is 0.142. The van der Waals surface area contributed by atoms with Crippen LogP contribution < -0.4 is 5.73 Å². The zero-order valence-electron chi connectivity index (χ0n) is 11.1. The summed E-state index contributed by atoms with van der Waals surface area (Å²) in [5, 5.41) is 0.227. The lowest BCUT2D eigenvalue weighted by Crippen LogP contribution is -2.48. The van der Waals surface area contributed by atoms with E-state index in [0.717, 1.165) is 18.6 Å². The summed E-state index contributed by atoms with van der Waals surface area (Å²) < 4.78 is 12.3. The highest BCUT2D eigenvalue weighted by atomic mass is 32.2. The molecule has 3 heteroatoms. The van der Waals surface area contributed by atoms with Crippen LogP contribution in [-0.4, -0.2) is 21.3 Å². The Morgan fingerprint density at radius 2 is 2.00 bits per heavy atom. The van der Waals surface area contributed by atoms with Gasteiger partial charge >= 0.3 is 0 Å². The predicted octanol–water partition coefficient (Wildman–Crippen LogP) is 2.54. The Bertz CT molecular complexity index is 232. The molecular formula is C13H27NOS. The van der Waals surface area contributed by atoms with Crippen molar-refractivity contribution in [1.29, 1.82) is 0 Å². The van der Waals surface area contributed by atoms with Gasteiger partial charge in [0, 0.05) is 22.6 Å². The Hall–Kier alpha value is 0.110. The topological polar surface area (TPSA) is 43.1 Å². The van der Waals surface area contributed by atoms with Gasteiger partial charge in [0.2, 0.25) is 0 Å². The molecule has 2 nitrogen and oxygen atoms in total. The maximum atomic E-state index is 12.3. The van der Waals surface area contributed by atoms with Gasteiger partial charge in [-0.25, -0.2) is 0 Å². The molecule has 0 aromatic carbocycles. The van der Waals surface area contributed by atoms with Gasteiger partial charge in [0.15, 0.2) is 0 Å². The molecule has 0 bridgehead atoms. The minimum atomic E-state index is -0.737. The summed E-state index contributed by atoms with van der Waals surface area (Å²) in [7, 11) is -0.737. The van der Waals surface area contributed by atoms with Crippen LogP contribution in [0.15, 0.2) is 0 Å². The highest BCUT2D eigenvalue weighted by Gasteiger charge is 2.35. The van der Waals surface area contributed by atoms with Crippen molar-refractivity contribution in [2.45, 2.75) is 58.2 Å². The van der Waals surface area contributed by atoms with Crippen molar-refractivity contribution in [3.8, 4) is 0 Å². The second-order valence-corrected chi connectivity index (χ2v) is 7.38. The molecule has 1 fully saturated rings. The van der Waals surface area contributed by atoms with E-state index in [0.29, 0.717) is 17.8 Å². The number of hydrogen-bond donors (Lipinski definition) is 1. The smallest absolute Gasteiger partial charge is 0.0524 e. The summed E-state index contributed by atoms with van der Waals surface area (Å²) in [5.74, 6) is 2.60. The van der Waals surface area contributed by atoms with Crippen molar-refractivity contribution in [2.75, 3.05) is 5.75 Å². The summed E-state index contributed by atoms with van der Waals surface area (Å²) in [6.07, 6.45) is 3.34. The molecule has 0 aromatic heterocycles. The third-order valence-corrected chi connectivity index (χ3v) is 6.20. The Morgan fingerprint density at radius 3 is 2.50 bits per heavy atom. The molecule has 1 saturated carbocycles. The highest BCUT2D eigenvalue weighted by molar-refractivity contribution is 7.85. The average molecular weight is 245 g/mol. The Labute approximate surface area is 103 Å². The fraction of sp³-hybridized carbons (Fsp3) is 1.00. The maximum Gasteiger partial charge on any atom is 0.0524 e. The van der Waals surface area contributed by atoms with Crippen molar-refractivity contribution in [1.82, 2.24) is 0 Å². The van der Waals surface area contributed by atoms with E-state index < -0.39 is 10.8 Å². The van der Waals surface area contributed by atoms with Gasteiger partial charge in [-0.3, -0.25) is 4.21 Å².